The first-order valence-corrected chi connectivity index (χ1v) is 9.94. The molecule has 0 unspecified atom stereocenters. The molecule has 0 aromatic heterocycles. The van der Waals surface area contributed by atoms with E-state index in [0.29, 0.717) is 15.7 Å². The van der Waals surface area contributed by atoms with Crippen molar-refractivity contribution in [3.63, 3.8) is 0 Å². The van der Waals surface area contributed by atoms with Crippen molar-refractivity contribution in [1.29, 1.82) is 0 Å². The molecule has 1 aliphatic rings. The average Bonchev–Trinajstić information content (AvgIpc) is 2.67. The van der Waals surface area contributed by atoms with E-state index in [9.17, 15) is 9.59 Å². The quantitative estimate of drug-likeness (QED) is 0.788. The van der Waals surface area contributed by atoms with E-state index >= 15 is 0 Å². The van der Waals surface area contributed by atoms with Crippen LogP contribution in [0.1, 0.15) is 18.9 Å². The summed E-state index contributed by atoms with van der Waals surface area (Å²) >= 11 is 12.2. The molecule has 2 aromatic rings. The summed E-state index contributed by atoms with van der Waals surface area (Å²) in [4.78, 5) is 28.6. The van der Waals surface area contributed by atoms with Gasteiger partial charge in [0.05, 0.1) is 28.8 Å². The van der Waals surface area contributed by atoms with Crippen molar-refractivity contribution in [3.8, 4) is 0 Å². The highest BCUT2D eigenvalue weighted by Crippen LogP contribution is 2.31. The van der Waals surface area contributed by atoms with E-state index in [2.05, 4.69) is 23.2 Å². The van der Waals surface area contributed by atoms with Gasteiger partial charge in [-0.05, 0) is 43.5 Å². The van der Waals surface area contributed by atoms with Crippen LogP contribution in [0.2, 0.25) is 10.0 Å². The molecular weight excluding hydrogens is 397 g/mol. The Bertz CT molecular complexity index is 867. The lowest BCUT2D eigenvalue weighted by Crippen LogP contribution is -2.46. The lowest BCUT2D eigenvalue weighted by Gasteiger charge is -2.37. The molecule has 2 aromatic carbocycles. The third-order valence-electron chi connectivity index (χ3n) is 5.00. The fourth-order valence-electron chi connectivity index (χ4n) is 3.37. The number of hydrogen-bond acceptors (Lipinski definition) is 3. The molecule has 1 N–H and O–H groups in total. The third kappa shape index (κ3) is 4.59. The Kier molecular flexibility index (Phi) is 6.47. The van der Waals surface area contributed by atoms with Crippen molar-refractivity contribution >= 4 is 46.4 Å². The molecule has 0 fully saturated rings. The minimum absolute atomic E-state index is 0.0791. The second kappa shape index (κ2) is 8.84. The van der Waals surface area contributed by atoms with E-state index in [1.54, 1.807) is 25.2 Å². The first kappa shape index (κ1) is 20.5. The average molecular weight is 420 g/mol. The molecule has 5 nitrogen and oxygen atoms in total. The number of halogens is 2. The van der Waals surface area contributed by atoms with Gasteiger partial charge in [0.2, 0.25) is 11.8 Å². The molecule has 1 atom stereocenters. The number of amides is 2. The van der Waals surface area contributed by atoms with Crippen LogP contribution in [-0.2, 0) is 16.0 Å². The Morgan fingerprint density at radius 3 is 2.54 bits per heavy atom. The molecule has 28 heavy (non-hydrogen) atoms. The van der Waals surface area contributed by atoms with Crippen LogP contribution in [0.3, 0.4) is 0 Å². The second-order valence-electron chi connectivity index (χ2n) is 7.04. The minimum atomic E-state index is -0.349. The molecular formula is C21H23Cl2N3O2. The van der Waals surface area contributed by atoms with Gasteiger partial charge >= 0.3 is 0 Å². The number of benzene rings is 2. The molecule has 148 valence electrons. The van der Waals surface area contributed by atoms with Gasteiger partial charge in [0.25, 0.3) is 0 Å². The number of carbonyl (C=O) groups is 2. The van der Waals surface area contributed by atoms with E-state index < -0.39 is 0 Å². The van der Waals surface area contributed by atoms with Gasteiger partial charge in [0.15, 0.2) is 0 Å². The van der Waals surface area contributed by atoms with Crippen LogP contribution in [0.15, 0.2) is 42.5 Å². The van der Waals surface area contributed by atoms with Crippen LogP contribution in [0.4, 0.5) is 11.4 Å². The Morgan fingerprint density at radius 2 is 1.82 bits per heavy atom. The van der Waals surface area contributed by atoms with Gasteiger partial charge in [0, 0.05) is 18.8 Å². The number of rotatable bonds is 5. The number of nitrogens with one attached hydrogen (secondary N) is 1. The normalized spacial score (nSPS) is 15.7. The molecule has 3 rings (SSSR count). The highest BCUT2D eigenvalue weighted by molar-refractivity contribution is 6.39. The number of likely N-dealkylation sites (N-methyl/N-ethyl adjacent to an activating group) is 1. The molecule has 2 amide bonds. The lowest BCUT2D eigenvalue weighted by molar-refractivity contribution is -0.132. The van der Waals surface area contributed by atoms with E-state index in [1.165, 1.54) is 10.5 Å². The van der Waals surface area contributed by atoms with Crippen molar-refractivity contribution in [2.45, 2.75) is 25.8 Å². The molecule has 0 saturated heterocycles. The van der Waals surface area contributed by atoms with Crippen LogP contribution in [-0.4, -0.2) is 42.9 Å². The summed E-state index contributed by atoms with van der Waals surface area (Å²) in [6.07, 6.45) is 2.01. The molecule has 0 saturated carbocycles. The van der Waals surface area contributed by atoms with Gasteiger partial charge in [-0.2, -0.15) is 0 Å². The summed E-state index contributed by atoms with van der Waals surface area (Å²) in [5.41, 5.74) is 2.70. The van der Waals surface area contributed by atoms with E-state index in [1.807, 2.05) is 18.2 Å². The zero-order valence-electron chi connectivity index (χ0n) is 15.9. The highest BCUT2D eigenvalue weighted by atomic mass is 35.5. The molecule has 1 heterocycles. The van der Waals surface area contributed by atoms with Crippen LogP contribution in [0.25, 0.3) is 0 Å². The molecule has 7 heteroatoms. The first-order valence-electron chi connectivity index (χ1n) is 9.19. The molecule has 0 radical (unpaired) electrons. The van der Waals surface area contributed by atoms with Crippen molar-refractivity contribution in [3.05, 3.63) is 58.1 Å². The van der Waals surface area contributed by atoms with E-state index in [-0.39, 0.29) is 30.9 Å². The largest absolute Gasteiger partial charge is 0.359 e. The van der Waals surface area contributed by atoms with Crippen molar-refractivity contribution < 1.29 is 9.59 Å². The molecule has 0 bridgehead atoms. The molecule has 0 spiro atoms. The Balaban J connectivity index is 1.63. The van der Waals surface area contributed by atoms with Gasteiger partial charge in [-0.1, -0.05) is 47.5 Å². The summed E-state index contributed by atoms with van der Waals surface area (Å²) in [5.74, 6) is -0.470. The smallest absolute Gasteiger partial charge is 0.244 e. The van der Waals surface area contributed by atoms with Crippen LogP contribution >= 0.6 is 23.2 Å². The maximum absolute atomic E-state index is 12.7. The summed E-state index contributed by atoms with van der Waals surface area (Å²) in [7, 11) is 1.62. The molecule has 1 aliphatic heterocycles. The zero-order valence-corrected chi connectivity index (χ0v) is 17.4. The van der Waals surface area contributed by atoms with Crippen LogP contribution < -0.4 is 10.2 Å². The number of nitrogens with zero attached hydrogens (tertiary/aromatic N) is 2. The Hall–Kier alpha value is -2.24. The van der Waals surface area contributed by atoms with Gasteiger partial charge in [-0.25, -0.2) is 0 Å². The summed E-state index contributed by atoms with van der Waals surface area (Å²) in [5, 5.41) is 3.39. The summed E-state index contributed by atoms with van der Waals surface area (Å²) in [6, 6.07) is 13.4. The Labute approximate surface area is 175 Å². The number of fused-ring (bicyclic) bond motifs is 1. The van der Waals surface area contributed by atoms with Crippen molar-refractivity contribution in [2.24, 2.45) is 0 Å². The minimum Gasteiger partial charge on any atom is -0.359 e. The third-order valence-corrected chi connectivity index (χ3v) is 5.63. The fraction of sp³-hybridized carbons (Fsp3) is 0.333. The van der Waals surface area contributed by atoms with Gasteiger partial charge in [0.1, 0.15) is 0 Å². The number of carbonyl (C=O) groups excluding carboxylic acids is 2. The number of anilines is 2. The SMILES string of the molecule is C[C@H]1CCc2ccccc2N1CC(=O)N(C)CC(=O)Nc1c(Cl)cccc1Cl. The van der Waals surface area contributed by atoms with Crippen LogP contribution in [0, 0.1) is 0 Å². The van der Waals surface area contributed by atoms with E-state index in [0.717, 1.165) is 18.5 Å². The van der Waals surface area contributed by atoms with Crippen molar-refractivity contribution in [2.75, 3.05) is 30.4 Å². The number of aryl methyl sites for hydroxylation is 1. The monoisotopic (exact) mass is 419 g/mol. The lowest BCUT2D eigenvalue weighted by atomic mass is 9.96. The topological polar surface area (TPSA) is 52.7 Å². The number of hydrogen-bond donors (Lipinski definition) is 1. The first-order chi connectivity index (χ1) is 13.4. The maximum Gasteiger partial charge on any atom is 0.244 e. The zero-order chi connectivity index (χ0) is 20.3. The van der Waals surface area contributed by atoms with Gasteiger partial charge in [-0.15, -0.1) is 0 Å². The maximum atomic E-state index is 12.7. The highest BCUT2D eigenvalue weighted by Gasteiger charge is 2.26. The fourth-order valence-corrected chi connectivity index (χ4v) is 3.86. The van der Waals surface area contributed by atoms with Crippen LogP contribution in [0.5, 0.6) is 0 Å². The predicted octanol–water partition coefficient (Wildman–Crippen LogP) is 4.23. The predicted molar refractivity (Wildman–Crippen MR) is 114 cm³/mol. The summed E-state index contributed by atoms with van der Waals surface area (Å²) < 4.78 is 0. The summed E-state index contributed by atoms with van der Waals surface area (Å²) in [6.45, 7) is 2.27. The Morgan fingerprint density at radius 1 is 1.14 bits per heavy atom. The van der Waals surface area contributed by atoms with E-state index in [4.69, 9.17) is 23.2 Å². The van der Waals surface area contributed by atoms with Gasteiger partial charge in [-0.3, -0.25) is 9.59 Å². The second-order valence-corrected chi connectivity index (χ2v) is 7.85. The standard InChI is InChI=1S/C21H23Cl2N3O2/c1-14-10-11-15-6-3-4-9-18(15)26(14)13-20(28)25(2)12-19(27)24-21-16(22)7-5-8-17(21)23/h3-9,14H,10-13H2,1-2H3,(H,24,27)/t14-/m0/s1. The van der Waals surface area contributed by atoms with Gasteiger partial charge < -0.3 is 15.1 Å². The molecule has 0 aliphatic carbocycles. The number of para-hydroxylation sites is 2. The van der Waals surface area contributed by atoms with Crippen molar-refractivity contribution in [1.82, 2.24) is 4.90 Å².